The van der Waals surface area contributed by atoms with Crippen molar-refractivity contribution in [2.45, 2.75) is 6.54 Å². The monoisotopic (exact) mass is 207 g/mol. The molecule has 78 valence electrons. The fraction of sp³-hybridized carbons (Fsp3) is 0.0667. The van der Waals surface area contributed by atoms with Gasteiger partial charge in [0.25, 0.3) is 0 Å². The fourth-order valence-corrected chi connectivity index (χ4v) is 2.31. The highest BCUT2D eigenvalue weighted by Gasteiger charge is 2.03. The highest BCUT2D eigenvalue weighted by atomic mass is 14.5. The van der Waals surface area contributed by atoms with Gasteiger partial charge < -0.3 is 5.73 Å². The van der Waals surface area contributed by atoms with E-state index in [-0.39, 0.29) is 0 Å². The molecule has 0 amide bonds. The van der Waals surface area contributed by atoms with Crippen LogP contribution < -0.4 is 5.73 Å². The standard InChI is InChI=1S/C15H13N/c16-10-13-6-3-5-12-9-8-11-4-1-2-7-14(11)15(12)13/h1-9H,10,16H2. The average Bonchev–Trinajstić information content (AvgIpc) is 2.37. The molecule has 0 aliphatic carbocycles. The van der Waals surface area contributed by atoms with E-state index in [1.807, 2.05) is 0 Å². The summed E-state index contributed by atoms with van der Waals surface area (Å²) in [5, 5.41) is 5.13. The van der Waals surface area contributed by atoms with Crippen LogP contribution in [0.3, 0.4) is 0 Å². The van der Waals surface area contributed by atoms with Crippen molar-refractivity contribution in [1.82, 2.24) is 0 Å². The van der Waals surface area contributed by atoms with Crippen LogP contribution in [0.25, 0.3) is 21.5 Å². The average molecular weight is 207 g/mol. The van der Waals surface area contributed by atoms with Crippen molar-refractivity contribution in [3.63, 3.8) is 0 Å². The lowest BCUT2D eigenvalue weighted by molar-refractivity contribution is 1.09. The molecular formula is C15H13N. The molecule has 1 nitrogen and oxygen atoms in total. The second kappa shape index (κ2) is 3.62. The van der Waals surface area contributed by atoms with Crippen LogP contribution >= 0.6 is 0 Å². The Morgan fingerprint density at radius 1 is 0.750 bits per heavy atom. The van der Waals surface area contributed by atoms with Gasteiger partial charge in [-0.15, -0.1) is 0 Å². The summed E-state index contributed by atoms with van der Waals surface area (Å²) in [6, 6.07) is 19.1. The van der Waals surface area contributed by atoms with E-state index >= 15 is 0 Å². The summed E-state index contributed by atoms with van der Waals surface area (Å²) < 4.78 is 0. The lowest BCUT2D eigenvalue weighted by Gasteiger charge is -2.08. The number of hydrogen-bond acceptors (Lipinski definition) is 1. The molecule has 16 heavy (non-hydrogen) atoms. The minimum atomic E-state index is 0.589. The highest BCUT2D eigenvalue weighted by Crippen LogP contribution is 2.27. The number of benzene rings is 3. The second-order valence-electron chi connectivity index (χ2n) is 4.01. The Balaban J connectivity index is 2.57. The van der Waals surface area contributed by atoms with E-state index in [0.717, 1.165) is 0 Å². The van der Waals surface area contributed by atoms with Crippen LogP contribution in [0, 0.1) is 0 Å². The zero-order chi connectivity index (χ0) is 11.0. The van der Waals surface area contributed by atoms with E-state index < -0.39 is 0 Å². The summed E-state index contributed by atoms with van der Waals surface area (Å²) in [6.07, 6.45) is 0. The summed E-state index contributed by atoms with van der Waals surface area (Å²) in [5.74, 6) is 0. The molecular weight excluding hydrogens is 194 g/mol. The van der Waals surface area contributed by atoms with E-state index in [1.54, 1.807) is 0 Å². The molecule has 0 saturated heterocycles. The summed E-state index contributed by atoms with van der Waals surface area (Å²) in [7, 11) is 0. The van der Waals surface area contributed by atoms with Crippen molar-refractivity contribution in [2.24, 2.45) is 5.73 Å². The Hall–Kier alpha value is -1.86. The second-order valence-corrected chi connectivity index (χ2v) is 4.01. The van der Waals surface area contributed by atoms with Gasteiger partial charge in [-0.25, -0.2) is 0 Å². The van der Waals surface area contributed by atoms with E-state index in [2.05, 4.69) is 54.6 Å². The van der Waals surface area contributed by atoms with E-state index in [4.69, 9.17) is 5.73 Å². The Labute approximate surface area is 94.5 Å². The van der Waals surface area contributed by atoms with Crippen LogP contribution in [-0.4, -0.2) is 0 Å². The molecule has 1 heteroatoms. The summed E-state index contributed by atoms with van der Waals surface area (Å²) >= 11 is 0. The molecule has 0 spiro atoms. The zero-order valence-corrected chi connectivity index (χ0v) is 8.98. The summed E-state index contributed by atoms with van der Waals surface area (Å²) in [5.41, 5.74) is 7.02. The first kappa shape index (κ1) is 9.37. The van der Waals surface area contributed by atoms with Crippen molar-refractivity contribution in [1.29, 1.82) is 0 Å². The Kier molecular flexibility index (Phi) is 2.12. The molecule has 0 saturated carbocycles. The van der Waals surface area contributed by atoms with Crippen LogP contribution in [0.4, 0.5) is 0 Å². The molecule has 3 aromatic carbocycles. The first-order valence-electron chi connectivity index (χ1n) is 5.49. The van der Waals surface area contributed by atoms with Crippen LogP contribution in [0.2, 0.25) is 0 Å². The van der Waals surface area contributed by atoms with Gasteiger partial charge in [-0.1, -0.05) is 54.6 Å². The molecule has 0 fully saturated rings. The smallest absolute Gasteiger partial charge is 0.0184 e. The molecule has 3 aromatic rings. The maximum atomic E-state index is 5.81. The third kappa shape index (κ3) is 1.29. The maximum absolute atomic E-state index is 5.81. The van der Waals surface area contributed by atoms with Crippen LogP contribution in [-0.2, 0) is 6.54 Å². The maximum Gasteiger partial charge on any atom is 0.0184 e. The third-order valence-corrected chi connectivity index (χ3v) is 3.08. The highest BCUT2D eigenvalue weighted by molar-refractivity contribution is 6.09. The first-order valence-corrected chi connectivity index (χ1v) is 5.49. The molecule has 3 rings (SSSR count). The topological polar surface area (TPSA) is 26.0 Å². The minimum Gasteiger partial charge on any atom is -0.326 e. The summed E-state index contributed by atoms with van der Waals surface area (Å²) in [4.78, 5) is 0. The summed E-state index contributed by atoms with van der Waals surface area (Å²) in [6.45, 7) is 0.589. The molecule has 0 aromatic heterocycles. The molecule has 0 radical (unpaired) electrons. The Morgan fingerprint density at radius 3 is 2.38 bits per heavy atom. The molecule has 0 unspecified atom stereocenters. The van der Waals surface area contributed by atoms with Gasteiger partial charge in [0, 0.05) is 6.54 Å². The van der Waals surface area contributed by atoms with Crippen molar-refractivity contribution in [3.05, 3.63) is 60.2 Å². The third-order valence-electron chi connectivity index (χ3n) is 3.08. The van der Waals surface area contributed by atoms with Crippen LogP contribution in [0.5, 0.6) is 0 Å². The van der Waals surface area contributed by atoms with E-state index in [1.165, 1.54) is 27.1 Å². The number of rotatable bonds is 1. The fourth-order valence-electron chi connectivity index (χ4n) is 2.31. The van der Waals surface area contributed by atoms with Crippen LogP contribution in [0.1, 0.15) is 5.56 Å². The SMILES string of the molecule is NCc1cccc2ccc3ccccc3c12. The first-order chi connectivity index (χ1) is 7.90. The van der Waals surface area contributed by atoms with Gasteiger partial charge in [0.1, 0.15) is 0 Å². The molecule has 0 bridgehead atoms. The van der Waals surface area contributed by atoms with Gasteiger partial charge in [-0.3, -0.25) is 0 Å². The lowest BCUT2D eigenvalue weighted by atomic mass is 9.98. The van der Waals surface area contributed by atoms with Crippen LogP contribution in [0.15, 0.2) is 54.6 Å². The van der Waals surface area contributed by atoms with Gasteiger partial charge >= 0.3 is 0 Å². The van der Waals surface area contributed by atoms with Crippen molar-refractivity contribution >= 4 is 21.5 Å². The van der Waals surface area contributed by atoms with Crippen molar-refractivity contribution < 1.29 is 0 Å². The van der Waals surface area contributed by atoms with Gasteiger partial charge in [0.2, 0.25) is 0 Å². The predicted octanol–water partition coefficient (Wildman–Crippen LogP) is 3.45. The molecule has 0 atom stereocenters. The molecule has 0 aliphatic rings. The number of nitrogens with two attached hydrogens (primary N) is 1. The zero-order valence-electron chi connectivity index (χ0n) is 8.98. The largest absolute Gasteiger partial charge is 0.326 e. The van der Waals surface area contributed by atoms with Gasteiger partial charge in [-0.05, 0) is 27.1 Å². The van der Waals surface area contributed by atoms with E-state index in [9.17, 15) is 0 Å². The molecule has 0 heterocycles. The van der Waals surface area contributed by atoms with Crippen molar-refractivity contribution in [3.8, 4) is 0 Å². The van der Waals surface area contributed by atoms with Gasteiger partial charge in [-0.2, -0.15) is 0 Å². The van der Waals surface area contributed by atoms with Gasteiger partial charge in [0.05, 0.1) is 0 Å². The Morgan fingerprint density at radius 2 is 1.50 bits per heavy atom. The predicted molar refractivity (Wildman–Crippen MR) is 69.3 cm³/mol. The number of hydrogen-bond donors (Lipinski definition) is 1. The normalized spacial score (nSPS) is 11.1. The Bertz CT molecular complexity index is 656. The lowest BCUT2D eigenvalue weighted by Crippen LogP contribution is -1.97. The minimum absolute atomic E-state index is 0.589. The molecule has 2 N–H and O–H groups in total. The van der Waals surface area contributed by atoms with Gasteiger partial charge in [0.15, 0.2) is 0 Å². The van der Waals surface area contributed by atoms with Crippen molar-refractivity contribution in [2.75, 3.05) is 0 Å². The quantitative estimate of drug-likeness (QED) is 0.608. The molecule has 0 aliphatic heterocycles. The van der Waals surface area contributed by atoms with E-state index in [0.29, 0.717) is 6.54 Å². The number of fused-ring (bicyclic) bond motifs is 3.